The molecule has 1 aromatic rings. The normalized spacial score (nSPS) is 31.7. The number of rotatable bonds is 6. The van der Waals surface area contributed by atoms with Gasteiger partial charge in [0.2, 0.25) is 5.91 Å². The van der Waals surface area contributed by atoms with Crippen LogP contribution in [0.25, 0.3) is 0 Å². The smallest absolute Gasteiger partial charge is 0.272 e. The second-order valence-corrected chi connectivity index (χ2v) is 9.88. The molecule has 1 aromatic heterocycles. The molecule has 166 valence electrons. The Labute approximate surface area is 182 Å². The van der Waals surface area contributed by atoms with Crippen LogP contribution in [0.2, 0.25) is 0 Å². The van der Waals surface area contributed by atoms with E-state index in [9.17, 15) is 9.59 Å². The summed E-state index contributed by atoms with van der Waals surface area (Å²) in [5.41, 5.74) is 5.18. The second-order valence-electron chi connectivity index (χ2n) is 9.88. The number of carbonyl (C=O) groups excluding carboxylic acids is 1. The van der Waals surface area contributed by atoms with Gasteiger partial charge in [0.05, 0.1) is 18.4 Å². The van der Waals surface area contributed by atoms with E-state index in [1.165, 1.54) is 36.8 Å². The van der Waals surface area contributed by atoms with Crippen LogP contribution in [0.15, 0.2) is 27.7 Å². The van der Waals surface area contributed by atoms with Crippen LogP contribution in [0.1, 0.15) is 44.6 Å². The van der Waals surface area contributed by atoms with Gasteiger partial charge in [0.15, 0.2) is 0 Å². The molecule has 8 heteroatoms. The number of hydrogen-bond acceptors (Lipinski definition) is 6. The van der Waals surface area contributed by atoms with Crippen LogP contribution in [0, 0.1) is 30.6 Å². The van der Waals surface area contributed by atoms with Gasteiger partial charge in [-0.05, 0) is 81.3 Å². The summed E-state index contributed by atoms with van der Waals surface area (Å²) in [4.78, 5) is 25.4. The van der Waals surface area contributed by atoms with Crippen LogP contribution >= 0.6 is 0 Å². The maximum absolute atomic E-state index is 12.9. The summed E-state index contributed by atoms with van der Waals surface area (Å²) < 4.78 is 1.26. The van der Waals surface area contributed by atoms with Gasteiger partial charge in [0, 0.05) is 23.9 Å². The van der Waals surface area contributed by atoms with Crippen molar-refractivity contribution in [2.45, 2.75) is 64.6 Å². The lowest BCUT2D eigenvalue weighted by molar-refractivity contribution is -0.122. The Morgan fingerprint density at radius 1 is 1.26 bits per heavy atom. The van der Waals surface area contributed by atoms with Gasteiger partial charge >= 0.3 is 0 Å². The molecule has 3 aliphatic carbocycles. The number of allylic oxidation sites excluding steroid dienone is 1. The maximum Gasteiger partial charge on any atom is 0.272 e. The Morgan fingerprint density at radius 2 is 2.06 bits per heavy atom. The Balaban J connectivity index is 1.24. The number of anilines is 1. The number of hydrazone groups is 1. The maximum atomic E-state index is 12.9. The zero-order chi connectivity index (χ0) is 21.5. The lowest BCUT2D eigenvalue weighted by atomic mass is 9.70. The predicted octanol–water partition coefficient (Wildman–Crippen LogP) is 1.81. The van der Waals surface area contributed by atoms with Crippen LogP contribution in [-0.2, 0) is 11.3 Å². The summed E-state index contributed by atoms with van der Waals surface area (Å²) >= 11 is 0. The number of fused-ring (bicyclic) bond motifs is 2. The molecule has 3 saturated carbocycles. The van der Waals surface area contributed by atoms with E-state index in [1.54, 1.807) is 12.4 Å². The molecule has 31 heavy (non-hydrogen) atoms. The Kier molecular flexibility index (Phi) is 5.32. The van der Waals surface area contributed by atoms with Gasteiger partial charge in [0.25, 0.3) is 5.56 Å². The van der Waals surface area contributed by atoms with Crippen molar-refractivity contribution in [2.75, 3.05) is 11.9 Å². The van der Waals surface area contributed by atoms with E-state index in [0.717, 1.165) is 34.9 Å². The third-order valence-corrected chi connectivity index (χ3v) is 7.84. The number of nitrogens with zero attached hydrogens (tertiary/aromatic N) is 3. The molecule has 1 amide bonds. The largest absolute Gasteiger partial charge is 0.380 e. The molecular weight excluding hydrogens is 392 g/mol. The summed E-state index contributed by atoms with van der Waals surface area (Å²) in [6.45, 7) is 4.26. The second kappa shape index (κ2) is 8.13. The first kappa shape index (κ1) is 20.3. The van der Waals surface area contributed by atoms with Crippen LogP contribution in [0.4, 0.5) is 5.69 Å². The van der Waals surface area contributed by atoms with Crippen LogP contribution in [-0.4, -0.2) is 40.5 Å². The summed E-state index contributed by atoms with van der Waals surface area (Å²) in [5, 5.41) is 14.8. The van der Waals surface area contributed by atoms with Crippen molar-refractivity contribution in [1.29, 1.82) is 0 Å². The lowest BCUT2D eigenvalue weighted by Crippen LogP contribution is -2.42. The minimum Gasteiger partial charge on any atom is -0.380 e. The van der Waals surface area contributed by atoms with Gasteiger partial charge in [-0.25, -0.2) is 4.68 Å². The van der Waals surface area contributed by atoms with Crippen molar-refractivity contribution in [3.8, 4) is 0 Å². The van der Waals surface area contributed by atoms with Crippen LogP contribution in [0.3, 0.4) is 0 Å². The monoisotopic (exact) mass is 424 g/mol. The minimum absolute atomic E-state index is 0.0863. The molecule has 0 aromatic carbocycles. The van der Waals surface area contributed by atoms with E-state index < -0.39 is 0 Å². The molecule has 0 saturated heterocycles. The van der Waals surface area contributed by atoms with E-state index in [2.05, 4.69) is 26.3 Å². The van der Waals surface area contributed by atoms with Gasteiger partial charge < -0.3 is 16.1 Å². The Morgan fingerprint density at radius 3 is 2.84 bits per heavy atom. The van der Waals surface area contributed by atoms with Gasteiger partial charge in [-0.1, -0.05) is 0 Å². The number of hydrogen-bond donors (Lipinski definition) is 3. The fraction of sp³-hybridized carbons (Fsp3) is 0.652. The highest BCUT2D eigenvalue weighted by molar-refractivity contribution is 5.77. The molecule has 0 radical (unpaired) electrons. The first-order chi connectivity index (χ1) is 15.0. The van der Waals surface area contributed by atoms with Crippen molar-refractivity contribution < 1.29 is 4.79 Å². The lowest BCUT2D eigenvalue weighted by Gasteiger charge is -2.40. The van der Waals surface area contributed by atoms with E-state index in [4.69, 9.17) is 0 Å². The Bertz CT molecular complexity index is 981. The van der Waals surface area contributed by atoms with Crippen molar-refractivity contribution >= 4 is 17.8 Å². The fourth-order valence-electron chi connectivity index (χ4n) is 6.36. The summed E-state index contributed by atoms with van der Waals surface area (Å²) in [6, 6.07) is 0.304. The minimum atomic E-state index is -0.230. The molecule has 4 aliphatic rings. The molecule has 3 fully saturated rings. The van der Waals surface area contributed by atoms with Gasteiger partial charge in [0.1, 0.15) is 6.54 Å². The summed E-state index contributed by atoms with van der Waals surface area (Å²) in [7, 11) is 0. The van der Waals surface area contributed by atoms with Crippen molar-refractivity contribution in [1.82, 2.24) is 20.5 Å². The van der Waals surface area contributed by atoms with E-state index in [0.29, 0.717) is 18.2 Å². The summed E-state index contributed by atoms with van der Waals surface area (Å²) in [5.74, 6) is 3.11. The number of nitrogens with one attached hydrogen (secondary N) is 3. The molecule has 1 aliphatic heterocycles. The molecule has 3 bridgehead atoms. The van der Waals surface area contributed by atoms with E-state index in [-0.39, 0.29) is 24.1 Å². The molecule has 2 heterocycles. The van der Waals surface area contributed by atoms with Crippen LogP contribution < -0.4 is 21.6 Å². The average Bonchev–Trinajstić information content (AvgIpc) is 2.99. The SMILES string of the molecule is Cc1c(NC2CC3CC4CC(C3)C2C4)cnn(CC(=O)NC(C)C2=CC=NNC2)c1=O. The molecule has 8 nitrogen and oxygen atoms in total. The number of amides is 1. The molecular formula is C23H32N6O2. The number of aromatic nitrogens is 2. The third-order valence-electron chi connectivity index (χ3n) is 7.84. The third kappa shape index (κ3) is 4.00. The highest BCUT2D eigenvalue weighted by Gasteiger charge is 2.48. The van der Waals surface area contributed by atoms with E-state index in [1.807, 2.05) is 19.9 Å². The van der Waals surface area contributed by atoms with Gasteiger partial charge in [-0.2, -0.15) is 10.2 Å². The Hall–Kier alpha value is -2.64. The number of carbonyl (C=O) groups is 1. The average molecular weight is 425 g/mol. The molecule has 6 atom stereocenters. The molecule has 6 unspecified atom stereocenters. The molecule has 3 N–H and O–H groups in total. The highest BCUT2D eigenvalue weighted by atomic mass is 16.2. The van der Waals surface area contributed by atoms with Crippen molar-refractivity contribution in [3.05, 3.63) is 33.8 Å². The zero-order valence-corrected chi connectivity index (χ0v) is 18.3. The van der Waals surface area contributed by atoms with E-state index >= 15 is 0 Å². The molecule has 0 spiro atoms. The quantitative estimate of drug-likeness (QED) is 0.647. The first-order valence-corrected chi connectivity index (χ1v) is 11.6. The van der Waals surface area contributed by atoms with Crippen LogP contribution in [0.5, 0.6) is 0 Å². The standard InChI is InChI=1S/C23H32N6O2/c1-13-21(28-20-9-16-5-15-6-18(7-16)19(20)8-15)11-26-29(23(13)31)12-22(30)27-14(2)17-3-4-24-25-10-17/h3-4,11,14-16,18-20,25,28H,5-10,12H2,1-2H3,(H,27,30). The first-order valence-electron chi connectivity index (χ1n) is 11.6. The van der Waals surface area contributed by atoms with Crippen molar-refractivity contribution in [2.24, 2.45) is 28.8 Å². The van der Waals surface area contributed by atoms with Gasteiger partial charge in [-0.3, -0.25) is 9.59 Å². The summed E-state index contributed by atoms with van der Waals surface area (Å²) in [6.07, 6.45) is 12.0. The predicted molar refractivity (Wildman–Crippen MR) is 120 cm³/mol. The van der Waals surface area contributed by atoms with Gasteiger partial charge in [-0.15, -0.1) is 0 Å². The molecule has 5 rings (SSSR count). The highest BCUT2D eigenvalue weighted by Crippen LogP contribution is 2.55. The van der Waals surface area contributed by atoms with Crippen molar-refractivity contribution in [3.63, 3.8) is 0 Å². The zero-order valence-electron chi connectivity index (χ0n) is 18.3. The topological polar surface area (TPSA) is 100 Å². The fourth-order valence-corrected chi connectivity index (χ4v) is 6.36.